The molecule has 2 aromatic heterocycles. The lowest BCUT2D eigenvalue weighted by atomic mass is 10.6. The molecule has 0 aliphatic heterocycles. The molecule has 8 heteroatoms. The number of halogens is 1. The third-order valence-electron chi connectivity index (χ3n) is 1.44. The van der Waals surface area contributed by atoms with Crippen molar-refractivity contribution in [3.63, 3.8) is 0 Å². The molecule has 0 saturated carbocycles. The van der Waals surface area contributed by atoms with Gasteiger partial charge >= 0.3 is 0 Å². The Kier molecular flexibility index (Phi) is 3.03. The van der Waals surface area contributed by atoms with Gasteiger partial charge in [0.05, 0.1) is 11.9 Å². The van der Waals surface area contributed by atoms with Gasteiger partial charge in [-0.15, -0.1) is 0 Å². The Morgan fingerprint density at radius 1 is 1.47 bits per heavy atom. The van der Waals surface area contributed by atoms with Gasteiger partial charge in [0.1, 0.15) is 10.9 Å². The number of aryl methyl sites for hydroxylation is 1. The predicted molar refractivity (Wildman–Crippen MR) is 60.2 cm³/mol. The summed E-state index contributed by atoms with van der Waals surface area (Å²) < 4.78 is 4.84. The van der Waals surface area contributed by atoms with Crippen molar-refractivity contribution in [2.45, 2.75) is 16.3 Å². The van der Waals surface area contributed by atoms with Gasteiger partial charge in [0.25, 0.3) is 0 Å². The van der Waals surface area contributed by atoms with E-state index in [9.17, 15) is 0 Å². The summed E-state index contributed by atoms with van der Waals surface area (Å²) in [5.74, 6) is 0.737. The van der Waals surface area contributed by atoms with Crippen LogP contribution in [0.4, 0.5) is 5.69 Å². The highest BCUT2D eigenvalue weighted by atomic mass is 35.5. The van der Waals surface area contributed by atoms with Crippen molar-refractivity contribution in [2.24, 2.45) is 0 Å². The summed E-state index contributed by atoms with van der Waals surface area (Å²) in [5.41, 5.74) is 6.18. The molecule has 0 bridgehead atoms. The monoisotopic (exact) mass is 259 g/mol. The van der Waals surface area contributed by atoms with Gasteiger partial charge < -0.3 is 5.73 Å². The first kappa shape index (κ1) is 10.6. The lowest BCUT2D eigenvalue weighted by Crippen LogP contribution is -1.94. The van der Waals surface area contributed by atoms with E-state index in [0.29, 0.717) is 10.7 Å². The van der Waals surface area contributed by atoms with Crippen LogP contribution in [0.15, 0.2) is 15.6 Å². The average molecular weight is 260 g/mol. The number of anilines is 1. The molecule has 2 aromatic rings. The molecule has 0 saturated heterocycles. The average Bonchev–Trinajstić information content (AvgIpc) is 2.58. The normalized spacial score (nSPS) is 10.5. The van der Waals surface area contributed by atoms with Crippen molar-refractivity contribution in [1.82, 2.24) is 19.3 Å². The maximum atomic E-state index is 5.70. The molecule has 0 unspecified atom stereocenters. The molecular formula is C7H6ClN5S2. The van der Waals surface area contributed by atoms with Crippen molar-refractivity contribution < 1.29 is 0 Å². The Balaban J connectivity index is 2.27. The van der Waals surface area contributed by atoms with Crippen LogP contribution >= 0.6 is 34.9 Å². The first-order valence-corrected chi connectivity index (χ1v) is 5.88. The van der Waals surface area contributed by atoms with Crippen LogP contribution in [-0.2, 0) is 0 Å². The first-order valence-electron chi connectivity index (χ1n) is 3.91. The van der Waals surface area contributed by atoms with Gasteiger partial charge in [-0.3, -0.25) is 0 Å². The van der Waals surface area contributed by atoms with Crippen molar-refractivity contribution in [3.05, 3.63) is 17.3 Å². The largest absolute Gasteiger partial charge is 0.395 e. The third-order valence-corrected chi connectivity index (χ3v) is 3.49. The topological polar surface area (TPSA) is 77.6 Å². The zero-order valence-corrected chi connectivity index (χ0v) is 10.0. The molecule has 2 heterocycles. The number of aromatic nitrogens is 4. The highest BCUT2D eigenvalue weighted by molar-refractivity contribution is 8.01. The van der Waals surface area contributed by atoms with Crippen LogP contribution in [0.1, 0.15) is 5.82 Å². The summed E-state index contributed by atoms with van der Waals surface area (Å²) >= 11 is 8.30. The molecule has 0 aliphatic rings. The van der Waals surface area contributed by atoms with Gasteiger partial charge in [-0.2, -0.15) is 4.37 Å². The minimum absolute atomic E-state index is 0.174. The fourth-order valence-electron chi connectivity index (χ4n) is 0.839. The van der Waals surface area contributed by atoms with E-state index in [-0.39, 0.29) is 5.28 Å². The van der Waals surface area contributed by atoms with Gasteiger partial charge in [0.2, 0.25) is 5.28 Å². The Labute approximate surface area is 99.3 Å². The number of nitrogens with two attached hydrogens (primary N) is 1. The Hall–Kier alpha value is -0.920. The van der Waals surface area contributed by atoms with E-state index in [2.05, 4.69) is 19.3 Å². The van der Waals surface area contributed by atoms with Crippen LogP contribution < -0.4 is 5.73 Å². The second-order valence-electron chi connectivity index (χ2n) is 2.61. The standard InChI is InChI=1S/C7H6ClN5S2/c1-3-11-7(15-13-3)14-5-4(9)2-10-6(8)12-5/h2H,9H2,1H3. The van der Waals surface area contributed by atoms with E-state index in [1.807, 2.05) is 6.92 Å². The van der Waals surface area contributed by atoms with Crippen molar-refractivity contribution >= 4 is 40.6 Å². The van der Waals surface area contributed by atoms with Crippen LogP contribution in [0.5, 0.6) is 0 Å². The number of nitrogen functional groups attached to an aromatic ring is 1. The highest BCUT2D eigenvalue weighted by Crippen LogP contribution is 2.31. The molecule has 2 N–H and O–H groups in total. The number of nitrogens with zero attached hydrogens (tertiary/aromatic N) is 4. The summed E-state index contributed by atoms with van der Waals surface area (Å²) in [5, 5.41) is 0.777. The van der Waals surface area contributed by atoms with Gasteiger partial charge in [0, 0.05) is 0 Å². The second kappa shape index (κ2) is 4.30. The lowest BCUT2D eigenvalue weighted by Gasteiger charge is -2.00. The Morgan fingerprint density at radius 2 is 2.27 bits per heavy atom. The zero-order valence-electron chi connectivity index (χ0n) is 7.64. The van der Waals surface area contributed by atoms with E-state index in [4.69, 9.17) is 17.3 Å². The fraction of sp³-hybridized carbons (Fsp3) is 0.143. The molecule has 0 spiro atoms. The van der Waals surface area contributed by atoms with Crippen LogP contribution in [0.25, 0.3) is 0 Å². The van der Waals surface area contributed by atoms with Crippen LogP contribution in [-0.4, -0.2) is 19.3 Å². The van der Waals surface area contributed by atoms with Gasteiger partial charge in [0.15, 0.2) is 4.34 Å². The molecule has 0 aliphatic carbocycles. The molecule has 78 valence electrons. The summed E-state index contributed by atoms with van der Waals surface area (Å²) in [6.07, 6.45) is 1.48. The maximum Gasteiger partial charge on any atom is 0.223 e. The van der Waals surface area contributed by atoms with Gasteiger partial charge in [-0.25, -0.2) is 15.0 Å². The molecule has 0 amide bonds. The zero-order chi connectivity index (χ0) is 10.8. The molecule has 15 heavy (non-hydrogen) atoms. The van der Waals surface area contributed by atoms with Crippen LogP contribution in [0, 0.1) is 6.92 Å². The summed E-state index contributed by atoms with van der Waals surface area (Å²) in [6, 6.07) is 0. The molecule has 0 aromatic carbocycles. The molecular weight excluding hydrogens is 254 g/mol. The van der Waals surface area contributed by atoms with Crippen LogP contribution in [0.3, 0.4) is 0 Å². The van der Waals surface area contributed by atoms with Crippen LogP contribution in [0.2, 0.25) is 5.28 Å². The van der Waals surface area contributed by atoms with Gasteiger partial charge in [-0.05, 0) is 41.8 Å². The van der Waals surface area contributed by atoms with E-state index in [1.54, 1.807) is 0 Å². The summed E-state index contributed by atoms with van der Waals surface area (Å²) in [7, 11) is 0. The molecule has 0 radical (unpaired) electrons. The fourth-order valence-corrected chi connectivity index (χ4v) is 2.59. The molecule has 5 nitrogen and oxygen atoms in total. The molecule has 0 atom stereocenters. The first-order chi connectivity index (χ1) is 7.15. The smallest absolute Gasteiger partial charge is 0.223 e. The van der Waals surface area contributed by atoms with Gasteiger partial charge in [-0.1, -0.05) is 0 Å². The number of hydrogen-bond donors (Lipinski definition) is 1. The lowest BCUT2D eigenvalue weighted by molar-refractivity contribution is 1.05. The third kappa shape index (κ3) is 2.55. The quantitative estimate of drug-likeness (QED) is 0.657. The van der Waals surface area contributed by atoms with E-state index < -0.39 is 0 Å². The summed E-state index contributed by atoms with van der Waals surface area (Å²) in [6.45, 7) is 1.83. The maximum absolute atomic E-state index is 5.70. The van der Waals surface area contributed by atoms with Crippen molar-refractivity contribution in [1.29, 1.82) is 0 Å². The predicted octanol–water partition coefficient (Wildman–Crippen LogP) is 2.02. The molecule has 0 fully saturated rings. The van der Waals surface area contributed by atoms with E-state index in [0.717, 1.165) is 10.2 Å². The minimum atomic E-state index is 0.174. The minimum Gasteiger partial charge on any atom is -0.395 e. The Morgan fingerprint density at radius 3 is 2.93 bits per heavy atom. The summed E-state index contributed by atoms with van der Waals surface area (Å²) in [4.78, 5) is 12.0. The molecule has 2 rings (SSSR count). The SMILES string of the molecule is Cc1nsc(Sc2nc(Cl)ncc2N)n1. The number of rotatable bonds is 2. The van der Waals surface area contributed by atoms with Crippen molar-refractivity contribution in [3.8, 4) is 0 Å². The number of hydrogen-bond acceptors (Lipinski definition) is 7. The second-order valence-corrected chi connectivity index (χ2v) is 4.93. The van der Waals surface area contributed by atoms with E-state index >= 15 is 0 Å². The highest BCUT2D eigenvalue weighted by Gasteiger charge is 2.08. The van der Waals surface area contributed by atoms with Crippen molar-refractivity contribution in [2.75, 3.05) is 5.73 Å². The Bertz CT molecular complexity index is 486. The van der Waals surface area contributed by atoms with E-state index in [1.165, 1.54) is 29.5 Å².